The fourth-order valence-corrected chi connectivity index (χ4v) is 3.57. The molecule has 0 unspecified atom stereocenters. The first kappa shape index (κ1) is 19.2. The van der Waals surface area contributed by atoms with Gasteiger partial charge in [-0.2, -0.15) is 4.72 Å². The second-order valence-corrected chi connectivity index (χ2v) is 7.62. The zero-order chi connectivity index (χ0) is 18.6. The van der Waals surface area contributed by atoms with E-state index in [1.165, 1.54) is 26.2 Å². The molecule has 2 aromatic carbocycles. The van der Waals surface area contributed by atoms with Gasteiger partial charge in [0.05, 0.1) is 18.0 Å². The van der Waals surface area contributed by atoms with E-state index in [1.807, 2.05) is 0 Å². The summed E-state index contributed by atoms with van der Waals surface area (Å²) in [6.45, 7) is 3.22. The first-order chi connectivity index (χ1) is 11.7. The third-order valence-electron chi connectivity index (χ3n) is 3.51. The standard InChI is InChI=1S/C17H19ClN2O4S/c1-11-10-15(8-9-16(11)24-3)25(22,23)20-12(2)17(21)19-14-6-4-13(18)5-7-14/h4-10,12,20H,1-3H3,(H,19,21)/t12-/m0/s1. The van der Waals surface area contributed by atoms with Crippen LogP contribution < -0.4 is 14.8 Å². The second-order valence-electron chi connectivity index (χ2n) is 5.47. The Morgan fingerprint density at radius 2 is 1.80 bits per heavy atom. The summed E-state index contributed by atoms with van der Waals surface area (Å²) in [6.07, 6.45) is 0. The SMILES string of the molecule is COc1ccc(S(=O)(=O)N[C@@H](C)C(=O)Nc2ccc(Cl)cc2)cc1C. The average Bonchev–Trinajstić information content (AvgIpc) is 2.56. The van der Waals surface area contributed by atoms with Crippen LogP contribution in [0.4, 0.5) is 5.69 Å². The number of amides is 1. The van der Waals surface area contributed by atoms with Crippen LogP contribution in [0, 0.1) is 6.92 Å². The number of carbonyl (C=O) groups excluding carboxylic acids is 1. The lowest BCUT2D eigenvalue weighted by atomic mass is 10.2. The summed E-state index contributed by atoms with van der Waals surface area (Å²) in [7, 11) is -2.33. The number of halogens is 1. The zero-order valence-electron chi connectivity index (χ0n) is 14.0. The van der Waals surface area contributed by atoms with Crippen molar-refractivity contribution in [2.45, 2.75) is 24.8 Å². The first-order valence-electron chi connectivity index (χ1n) is 7.46. The normalized spacial score (nSPS) is 12.5. The molecule has 1 atom stereocenters. The molecule has 0 aliphatic carbocycles. The van der Waals surface area contributed by atoms with E-state index in [0.29, 0.717) is 22.0 Å². The third-order valence-corrected chi connectivity index (χ3v) is 5.30. The molecule has 0 saturated carbocycles. The fraction of sp³-hybridized carbons (Fsp3) is 0.235. The Balaban J connectivity index is 2.09. The van der Waals surface area contributed by atoms with Crippen LogP contribution in [0.1, 0.15) is 12.5 Å². The summed E-state index contributed by atoms with van der Waals surface area (Å²) < 4.78 is 32.4. The number of carbonyl (C=O) groups is 1. The molecule has 0 heterocycles. The van der Waals surface area contributed by atoms with Crippen LogP contribution in [0.2, 0.25) is 5.02 Å². The van der Waals surface area contributed by atoms with Gasteiger partial charge in [-0.15, -0.1) is 0 Å². The Kier molecular flexibility index (Phi) is 6.05. The van der Waals surface area contributed by atoms with Gasteiger partial charge in [-0.1, -0.05) is 11.6 Å². The predicted molar refractivity (Wildman–Crippen MR) is 97.6 cm³/mol. The molecule has 0 radical (unpaired) electrons. The maximum Gasteiger partial charge on any atom is 0.242 e. The van der Waals surface area contributed by atoms with Crippen molar-refractivity contribution in [1.29, 1.82) is 0 Å². The number of anilines is 1. The van der Waals surface area contributed by atoms with Gasteiger partial charge in [0.15, 0.2) is 0 Å². The van der Waals surface area contributed by atoms with Crippen LogP contribution >= 0.6 is 11.6 Å². The van der Waals surface area contributed by atoms with E-state index in [1.54, 1.807) is 37.3 Å². The Labute approximate surface area is 152 Å². The van der Waals surface area contributed by atoms with E-state index in [-0.39, 0.29) is 4.90 Å². The summed E-state index contributed by atoms with van der Waals surface area (Å²) >= 11 is 5.79. The van der Waals surface area contributed by atoms with E-state index >= 15 is 0 Å². The van der Waals surface area contributed by atoms with Crippen molar-refractivity contribution in [2.75, 3.05) is 12.4 Å². The monoisotopic (exact) mass is 382 g/mol. The minimum absolute atomic E-state index is 0.0666. The Bertz CT molecular complexity index is 867. The number of benzene rings is 2. The van der Waals surface area contributed by atoms with Crippen LogP contribution in [-0.4, -0.2) is 27.5 Å². The summed E-state index contributed by atoms with van der Waals surface area (Å²) in [5.74, 6) is 0.114. The summed E-state index contributed by atoms with van der Waals surface area (Å²) in [6, 6.07) is 10.1. The predicted octanol–water partition coefficient (Wildman–Crippen LogP) is 2.96. The lowest BCUT2D eigenvalue weighted by Gasteiger charge is -2.15. The largest absolute Gasteiger partial charge is 0.496 e. The van der Waals surface area contributed by atoms with Gasteiger partial charge in [-0.25, -0.2) is 8.42 Å². The average molecular weight is 383 g/mol. The molecule has 0 saturated heterocycles. The molecule has 134 valence electrons. The van der Waals surface area contributed by atoms with Gasteiger partial charge >= 0.3 is 0 Å². The van der Waals surface area contributed by atoms with Gasteiger partial charge in [0, 0.05) is 10.7 Å². The zero-order valence-corrected chi connectivity index (χ0v) is 15.6. The maximum atomic E-state index is 12.4. The fourth-order valence-electron chi connectivity index (χ4n) is 2.16. The van der Waals surface area contributed by atoms with Crippen LogP contribution in [0.25, 0.3) is 0 Å². The smallest absolute Gasteiger partial charge is 0.242 e. The van der Waals surface area contributed by atoms with Gasteiger partial charge < -0.3 is 10.1 Å². The number of nitrogens with one attached hydrogen (secondary N) is 2. The molecule has 0 bridgehead atoms. The van der Waals surface area contributed by atoms with Crippen molar-refractivity contribution in [1.82, 2.24) is 4.72 Å². The lowest BCUT2D eigenvalue weighted by molar-refractivity contribution is -0.117. The molecule has 25 heavy (non-hydrogen) atoms. The summed E-state index contributed by atoms with van der Waals surface area (Å²) in [5.41, 5.74) is 1.21. The highest BCUT2D eigenvalue weighted by Gasteiger charge is 2.22. The number of methoxy groups -OCH3 is 1. The molecule has 0 aromatic heterocycles. The topological polar surface area (TPSA) is 84.5 Å². The number of hydrogen-bond acceptors (Lipinski definition) is 4. The molecule has 1 amide bonds. The Morgan fingerprint density at radius 1 is 1.16 bits per heavy atom. The molecular weight excluding hydrogens is 364 g/mol. The van der Waals surface area contributed by atoms with Crippen LogP contribution in [0.3, 0.4) is 0 Å². The molecule has 6 nitrogen and oxygen atoms in total. The number of sulfonamides is 1. The highest BCUT2D eigenvalue weighted by molar-refractivity contribution is 7.89. The molecule has 0 spiro atoms. The highest BCUT2D eigenvalue weighted by atomic mass is 35.5. The van der Waals surface area contributed by atoms with Crippen LogP contribution in [0.5, 0.6) is 5.75 Å². The van der Waals surface area contributed by atoms with Gasteiger partial charge in [0.25, 0.3) is 0 Å². The van der Waals surface area contributed by atoms with E-state index in [9.17, 15) is 13.2 Å². The third kappa shape index (κ3) is 4.94. The summed E-state index contributed by atoms with van der Waals surface area (Å²) in [5, 5.41) is 3.17. The quantitative estimate of drug-likeness (QED) is 0.804. The van der Waals surface area contributed by atoms with E-state index in [4.69, 9.17) is 16.3 Å². The Hall–Kier alpha value is -2.09. The van der Waals surface area contributed by atoms with Crippen molar-refractivity contribution in [3.05, 3.63) is 53.1 Å². The number of rotatable bonds is 6. The number of aryl methyl sites for hydroxylation is 1. The van der Waals surface area contributed by atoms with Gasteiger partial charge in [0.2, 0.25) is 15.9 Å². The molecule has 2 aromatic rings. The molecule has 2 N–H and O–H groups in total. The maximum absolute atomic E-state index is 12.4. The summed E-state index contributed by atoms with van der Waals surface area (Å²) in [4.78, 5) is 12.2. The van der Waals surface area contributed by atoms with Crippen molar-refractivity contribution in [3.63, 3.8) is 0 Å². The Morgan fingerprint density at radius 3 is 2.36 bits per heavy atom. The van der Waals surface area contributed by atoms with Crippen molar-refractivity contribution in [2.24, 2.45) is 0 Å². The van der Waals surface area contributed by atoms with Gasteiger partial charge in [-0.05, 0) is 61.9 Å². The number of hydrogen-bond donors (Lipinski definition) is 2. The molecule has 0 aliphatic heterocycles. The lowest BCUT2D eigenvalue weighted by Crippen LogP contribution is -2.41. The van der Waals surface area contributed by atoms with Crippen molar-refractivity contribution in [3.8, 4) is 5.75 Å². The molecular formula is C17H19ClN2O4S. The highest BCUT2D eigenvalue weighted by Crippen LogP contribution is 2.21. The minimum Gasteiger partial charge on any atom is -0.496 e. The number of ether oxygens (including phenoxy) is 1. The van der Waals surface area contributed by atoms with E-state index in [0.717, 1.165) is 0 Å². The molecule has 0 aliphatic rings. The van der Waals surface area contributed by atoms with E-state index in [2.05, 4.69) is 10.0 Å². The minimum atomic E-state index is -3.84. The van der Waals surface area contributed by atoms with Crippen molar-refractivity contribution < 1.29 is 17.9 Å². The molecule has 8 heteroatoms. The van der Waals surface area contributed by atoms with Crippen LogP contribution in [-0.2, 0) is 14.8 Å². The van der Waals surface area contributed by atoms with Gasteiger partial charge in [-0.3, -0.25) is 4.79 Å². The molecule has 0 fully saturated rings. The second kappa shape index (κ2) is 7.86. The van der Waals surface area contributed by atoms with Crippen molar-refractivity contribution >= 4 is 33.2 Å². The molecule has 2 rings (SSSR count). The van der Waals surface area contributed by atoms with Crippen LogP contribution in [0.15, 0.2) is 47.4 Å². The van der Waals surface area contributed by atoms with Gasteiger partial charge in [0.1, 0.15) is 5.75 Å². The van der Waals surface area contributed by atoms with E-state index < -0.39 is 22.0 Å². The first-order valence-corrected chi connectivity index (χ1v) is 9.32.